The van der Waals surface area contributed by atoms with Crippen LogP contribution in [0.4, 0.5) is 0 Å². The molecule has 0 atom stereocenters. The fraction of sp³-hybridized carbons (Fsp3) is 0.200. The summed E-state index contributed by atoms with van der Waals surface area (Å²) in [7, 11) is 0. The monoisotopic (exact) mass is 417 g/mol. The zero-order valence-electron chi connectivity index (χ0n) is 17.4. The van der Waals surface area contributed by atoms with Gasteiger partial charge in [-0.2, -0.15) is 0 Å². The molecule has 0 saturated carbocycles. The maximum Gasteiger partial charge on any atom is 0.307 e. The van der Waals surface area contributed by atoms with Crippen LogP contribution in [0.15, 0.2) is 69.9 Å². The lowest BCUT2D eigenvalue weighted by Crippen LogP contribution is -2.05. The lowest BCUT2D eigenvalue weighted by molar-refractivity contribution is -0.136. The number of nitrogens with zero attached hydrogens (tertiary/aromatic N) is 1. The Kier molecular flexibility index (Phi) is 5.89. The second kappa shape index (κ2) is 8.92. The largest absolute Gasteiger partial charge is 0.493 e. The van der Waals surface area contributed by atoms with E-state index in [2.05, 4.69) is 4.98 Å². The highest BCUT2D eigenvalue weighted by molar-refractivity contribution is 5.70. The number of carboxylic acids is 1. The van der Waals surface area contributed by atoms with Crippen LogP contribution >= 0.6 is 0 Å². The smallest absolute Gasteiger partial charge is 0.307 e. The quantitative estimate of drug-likeness (QED) is 0.409. The van der Waals surface area contributed by atoms with Crippen LogP contribution < -0.4 is 4.74 Å². The van der Waals surface area contributed by atoms with Crippen LogP contribution in [-0.2, 0) is 17.6 Å². The average molecular weight is 417 g/mol. The van der Waals surface area contributed by atoms with E-state index in [1.807, 2.05) is 56.3 Å². The number of benzene rings is 2. The Bertz CT molecular complexity index is 1170. The van der Waals surface area contributed by atoms with Gasteiger partial charge >= 0.3 is 5.97 Å². The van der Waals surface area contributed by atoms with Crippen LogP contribution in [0.1, 0.15) is 22.6 Å². The van der Waals surface area contributed by atoms with Crippen LogP contribution in [0.5, 0.6) is 5.75 Å². The zero-order chi connectivity index (χ0) is 21.8. The van der Waals surface area contributed by atoms with E-state index in [0.717, 1.165) is 33.7 Å². The molecule has 4 rings (SSSR count). The Morgan fingerprint density at radius 1 is 1.03 bits per heavy atom. The van der Waals surface area contributed by atoms with E-state index in [1.165, 1.54) is 0 Å². The number of oxazole rings is 1. The summed E-state index contributed by atoms with van der Waals surface area (Å²) in [5, 5.41) is 8.98. The normalized spacial score (nSPS) is 10.9. The summed E-state index contributed by atoms with van der Waals surface area (Å²) < 4.78 is 16.9. The van der Waals surface area contributed by atoms with Crippen molar-refractivity contribution in [3.8, 4) is 28.3 Å². The van der Waals surface area contributed by atoms with E-state index in [9.17, 15) is 4.79 Å². The van der Waals surface area contributed by atoms with Gasteiger partial charge in [-0.05, 0) is 54.8 Å². The molecular formula is C25H23NO5. The lowest BCUT2D eigenvalue weighted by Gasteiger charge is -2.10. The third kappa shape index (κ3) is 4.86. The molecule has 0 radical (unpaired) electrons. The van der Waals surface area contributed by atoms with Crippen molar-refractivity contribution in [3.63, 3.8) is 0 Å². The van der Waals surface area contributed by atoms with E-state index in [-0.39, 0.29) is 6.42 Å². The Morgan fingerprint density at radius 2 is 1.81 bits per heavy atom. The van der Waals surface area contributed by atoms with Gasteiger partial charge in [0, 0.05) is 17.5 Å². The first-order chi connectivity index (χ1) is 15.0. The summed E-state index contributed by atoms with van der Waals surface area (Å²) >= 11 is 0. The molecule has 0 amide bonds. The fourth-order valence-electron chi connectivity index (χ4n) is 3.36. The molecule has 0 saturated heterocycles. The molecule has 0 aliphatic carbocycles. The summed E-state index contributed by atoms with van der Waals surface area (Å²) in [6.07, 6.45) is 3.92. The molecule has 0 spiro atoms. The number of ether oxygens (including phenoxy) is 1. The number of hydrogen-bond donors (Lipinski definition) is 1. The molecule has 0 unspecified atom stereocenters. The highest BCUT2D eigenvalue weighted by atomic mass is 16.5. The standard InChI is InChI=1S/C25H23NO5/c1-16-3-4-18(14-24(27)28)13-23(16)30-12-10-22-17(2)31-25(26-22)20-7-5-19(6-8-20)21-9-11-29-15-21/h3-9,11,13,15H,10,12,14H2,1-2H3,(H,27,28). The third-order valence-electron chi connectivity index (χ3n) is 5.08. The molecule has 2 heterocycles. The lowest BCUT2D eigenvalue weighted by atomic mass is 10.1. The van der Waals surface area contributed by atoms with Gasteiger partial charge in [-0.15, -0.1) is 0 Å². The van der Waals surface area contributed by atoms with E-state index in [0.29, 0.717) is 30.2 Å². The van der Waals surface area contributed by atoms with Crippen molar-refractivity contribution >= 4 is 5.97 Å². The summed E-state index contributed by atoms with van der Waals surface area (Å²) in [6, 6.07) is 15.4. The maximum atomic E-state index is 10.9. The minimum atomic E-state index is -0.863. The van der Waals surface area contributed by atoms with Crippen molar-refractivity contribution in [2.24, 2.45) is 0 Å². The van der Waals surface area contributed by atoms with E-state index >= 15 is 0 Å². The van der Waals surface area contributed by atoms with Crippen LogP contribution in [0.3, 0.4) is 0 Å². The van der Waals surface area contributed by atoms with Crippen LogP contribution in [-0.4, -0.2) is 22.7 Å². The molecular weight excluding hydrogens is 394 g/mol. The molecule has 2 aromatic heterocycles. The predicted octanol–water partition coefficient (Wildman–Crippen LogP) is 5.47. The summed E-state index contributed by atoms with van der Waals surface area (Å²) in [5.74, 6) is 1.16. The maximum absolute atomic E-state index is 10.9. The number of furan rings is 1. The second-order valence-corrected chi connectivity index (χ2v) is 7.38. The number of aromatic nitrogens is 1. The highest BCUT2D eigenvalue weighted by Crippen LogP contribution is 2.26. The minimum Gasteiger partial charge on any atom is -0.493 e. The van der Waals surface area contributed by atoms with Crippen molar-refractivity contribution in [1.82, 2.24) is 4.98 Å². The first kappa shape index (κ1) is 20.5. The van der Waals surface area contributed by atoms with Gasteiger partial charge in [0.25, 0.3) is 0 Å². The molecule has 0 aliphatic heterocycles. The number of hydrogen-bond acceptors (Lipinski definition) is 5. The minimum absolute atomic E-state index is 0.0260. The average Bonchev–Trinajstić information content (AvgIpc) is 3.41. The van der Waals surface area contributed by atoms with Gasteiger partial charge < -0.3 is 18.7 Å². The molecule has 0 aliphatic rings. The SMILES string of the molecule is Cc1ccc(CC(=O)O)cc1OCCc1nc(-c2ccc(-c3ccoc3)cc2)oc1C. The van der Waals surface area contributed by atoms with Crippen molar-refractivity contribution in [2.75, 3.05) is 6.61 Å². The van der Waals surface area contributed by atoms with Gasteiger partial charge in [-0.25, -0.2) is 4.98 Å². The van der Waals surface area contributed by atoms with Crippen LogP contribution in [0.2, 0.25) is 0 Å². The topological polar surface area (TPSA) is 85.7 Å². The van der Waals surface area contributed by atoms with Gasteiger partial charge in [0.05, 0.1) is 31.2 Å². The molecule has 0 bridgehead atoms. The van der Waals surface area contributed by atoms with Gasteiger partial charge in [0.1, 0.15) is 11.5 Å². The molecule has 158 valence electrons. The van der Waals surface area contributed by atoms with E-state index < -0.39 is 5.97 Å². The van der Waals surface area contributed by atoms with Gasteiger partial charge in [-0.3, -0.25) is 4.79 Å². The number of carboxylic acid groups (broad SMARTS) is 1. The Balaban J connectivity index is 1.41. The molecule has 6 nitrogen and oxygen atoms in total. The summed E-state index contributed by atoms with van der Waals surface area (Å²) in [6.45, 7) is 4.25. The van der Waals surface area contributed by atoms with Crippen LogP contribution in [0, 0.1) is 13.8 Å². The van der Waals surface area contributed by atoms with Crippen molar-refractivity contribution in [2.45, 2.75) is 26.7 Å². The van der Waals surface area contributed by atoms with E-state index in [1.54, 1.807) is 18.6 Å². The summed E-state index contributed by atoms with van der Waals surface area (Å²) in [5.41, 5.74) is 5.51. The summed E-state index contributed by atoms with van der Waals surface area (Å²) in [4.78, 5) is 15.6. The molecule has 31 heavy (non-hydrogen) atoms. The Hall–Kier alpha value is -3.80. The zero-order valence-corrected chi connectivity index (χ0v) is 17.4. The molecule has 1 N–H and O–H groups in total. The van der Waals surface area contributed by atoms with Crippen molar-refractivity contribution < 1.29 is 23.5 Å². The Labute approximate surface area is 180 Å². The highest BCUT2D eigenvalue weighted by Gasteiger charge is 2.13. The number of rotatable bonds is 8. The van der Waals surface area contributed by atoms with Gasteiger partial charge in [0.2, 0.25) is 5.89 Å². The molecule has 4 aromatic rings. The van der Waals surface area contributed by atoms with Gasteiger partial charge in [0.15, 0.2) is 0 Å². The third-order valence-corrected chi connectivity index (χ3v) is 5.08. The molecule has 2 aromatic carbocycles. The van der Waals surface area contributed by atoms with Crippen molar-refractivity contribution in [3.05, 3.63) is 83.6 Å². The number of aryl methyl sites for hydroxylation is 2. The predicted molar refractivity (Wildman–Crippen MR) is 116 cm³/mol. The van der Waals surface area contributed by atoms with Crippen LogP contribution in [0.25, 0.3) is 22.6 Å². The van der Waals surface area contributed by atoms with E-state index in [4.69, 9.17) is 18.7 Å². The fourth-order valence-corrected chi connectivity index (χ4v) is 3.36. The number of aliphatic carboxylic acids is 1. The molecule has 0 fully saturated rings. The van der Waals surface area contributed by atoms with Crippen molar-refractivity contribution in [1.29, 1.82) is 0 Å². The first-order valence-electron chi connectivity index (χ1n) is 10.0. The first-order valence-corrected chi connectivity index (χ1v) is 10.0. The second-order valence-electron chi connectivity index (χ2n) is 7.38. The number of carbonyl (C=O) groups is 1. The van der Waals surface area contributed by atoms with Gasteiger partial charge in [-0.1, -0.05) is 24.3 Å². The Morgan fingerprint density at radius 3 is 2.52 bits per heavy atom. The molecule has 6 heteroatoms.